The van der Waals surface area contributed by atoms with E-state index in [1.54, 1.807) is 17.7 Å². The highest BCUT2D eigenvalue weighted by Crippen LogP contribution is 2.35. The van der Waals surface area contributed by atoms with E-state index in [4.69, 9.17) is 9.47 Å². The first-order chi connectivity index (χ1) is 9.36. The van der Waals surface area contributed by atoms with E-state index in [1.807, 2.05) is 0 Å². The van der Waals surface area contributed by atoms with E-state index < -0.39 is 0 Å². The standard InChI is InChI=1S/C13H15N3O2S/c1-8-19-12-10(1)11(14-9-15-12)16-4-2-13(3-5-16)17-6-7-18-13/h1,8-9H,2-7H2. The minimum absolute atomic E-state index is 0.322. The fourth-order valence-corrected chi connectivity index (χ4v) is 3.60. The Morgan fingerprint density at radius 1 is 1.16 bits per heavy atom. The quantitative estimate of drug-likeness (QED) is 0.798. The van der Waals surface area contributed by atoms with Crippen LogP contribution >= 0.6 is 11.3 Å². The molecular formula is C13H15N3O2S. The summed E-state index contributed by atoms with van der Waals surface area (Å²) in [5.74, 6) is 0.719. The SMILES string of the molecule is c1nc(N2CCC3(CC2)OCCO3)c2ccsc2n1. The first-order valence-electron chi connectivity index (χ1n) is 6.57. The number of hydrogen-bond donors (Lipinski definition) is 0. The second-order valence-corrected chi connectivity index (χ2v) is 5.83. The minimum atomic E-state index is -0.322. The summed E-state index contributed by atoms with van der Waals surface area (Å²) in [7, 11) is 0. The van der Waals surface area contributed by atoms with Gasteiger partial charge in [-0.1, -0.05) is 0 Å². The Hall–Kier alpha value is -1.24. The molecule has 2 aromatic heterocycles. The summed E-state index contributed by atoms with van der Waals surface area (Å²) in [4.78, 5) is 12.1. The lowest BCUT2D eigenvalue weighted by molar-refractivity contribution is -0.169. The Morgan fingerprint density at radius 2 is 1.95 bits per heavy atom. The predicted octanol–water partition coefficient (Wildman–Crippen LogP) is 2.03. The summed E-state index contributed by atoms with van der Waals surface area (Å²) in [6.45, 7) is 3.29. The summed E-state index contributed by atoms with van der Waals surface area (Å²) in [6.07, 6.45) is 3.46. The third-order valence-corrected chi connectivity index (χ3v) is 4.70. The van der Waals surface area contributed by atoms with E-state index in [-0.39, 0.29) is 5.79 Å². The van der Waals surface area contributed by atoms with E-state index in [9.17, 15) is 0 Å². The predicted molar refractivity (Wildman–Crippen MR) is 73.5 cm³/mol. The summed E-state index contributed by atoms with van der Waals surface area (Å²) >= 11 is 1.66. The fraction of sp³-hybridized carbons (Fsp3) is 0.538. The summed E-state index contributed by atoms with van der Waals surface area (Å²) in [5.41, 5.74) is 0. The molecule has 0 N–H and O–H groups in total. The van der Waals surface area contributed by atoms with Gasteiger partial charge in [0, 0.05) is 25.9 Å². The van der Waals surface area contributed by atoms with Gasteiger partial charge < -0.3 is 14.4 Å². The highest BCUT2D eigenvalue weighted by Gasteiger charge is 2.40. The Bertz CT molecular complexity index is 584. The van der Waals surface area contributed by atoms with Crippen molar-refractivity contribution in [2.75, 3.05) is 31.2 Å². The monoisotopic (exact) mass is 277 g/mol. The van der Waals surface area contributed by atoms with E-state index in [2.05, 4.69) is 26.3 Å². The lowest BCUT2D eigenvalue weighted by Crippen LogP contribution is -2.45. The zero-order valence-electron chi connectivity index (χ0n) is 10.5. The molecule has 2 saturated heterocycles. The first-order valence-corrected chi connectivity index (χ1v) is 7.45. The first kappa shape index (κ1) is 11.6. The summed E-state index contributed by atoms with van der Waals surface area (Å²) in [5, 5.41) is 3.22. The van der Waals surface area contributed by atoms with Gasteiger partial charge in [-0.25, -0.2) is 9.97 Å². The van der Waals surface area contributed by atoms with Gasteiger partial charge in [0.15, 0.2) is 5.79 Å². The molecule has 0 saturated carbocycles. The Morgan fingerprint density at radius 3 is 2.74 bits per heavy atom. The van der Waals surface area contributed by atoms with Crippen molar-refractivity contribution < 1.29 is 9.47 Å². The van der Waals surface area contributed by atoms with Crippen LogP contribution in [0, 0.1) is 0 Å². The number of nitrogens with zero attached hydrogens (tertiary/aromatic N) is 3. The van der Waals surface area contributed by atoms with Crippen LogP contribution in [0.4, 0.5) is 5.82 Å². The van der Waals surface area contributed by atoms with E-state index in [1.165, 1.54) is 0 Å². The maximum absolute atomic E-state index is 5.76. The van der Waals surface area contributed by atoms with Gasteiger partial charge in [0.2, 0.25) is 0 Å². The molecule has 100 valence electrons. The average Bonchev–Trinajstić information content (AvgIpc) is 3.09. The zero-order valence-corrected chi connectivity index (χ0v) is 11.4. The van der Waals surface area contributed by atoms with Crippen molar-refractivity contribution in [2.24, 2.45) is 0 Å². The number of rotatable bonds is 1. The summed E-state index contributed by atoms with van der Waals surface area (Å²) < 4.78 is 11.5. The van der Waals surface area contributed by atoms with Gasteiger partial charge in [-0.2, -0.15) is 0 Å². The molecule has 0 aromatic carbocycles. The van der Waals surface area contributed by atoms with Gasteiger partial charge in [-0.05, 0) is 11.4 Å². The molecule has 0 atom stereocenters. The molecule has 19 heavy (non-hydrogen) atoms. The molecule has 0 unspecified atom stereocenters. The fourth-order valence-electron chi connectivity index (χ4n) is 2.87. The molecule has 4 heterocycles. The normalized spacial score (nSPS) is 22.4. The van der Waals surface area contributed by atoms with Gasteiger partial charge >= 0.3 is 0 Å². The van der Waals surface area contributed by atoms with Crippen LogP contribution in [-0.2, 0) is 9.47 Å². The van der Waals surface area contributed by atoms with Gasteiger partial charge in [-0.3, -0.25) is 0 Å². The van der Waals surface area contributed by atoms with Crippen LogP contribution in [0.25, 0.3) is 10.2 Å². The molecule has 0 amide bonds. The van der Waals surface area contributed by atoms with Crippen molar-refractivity contribution in [3.8, 4) is 0 Å². The maximum atomic E-state index is 5.76. The molecule has 4 rings (SSSR count). The highest BCUT2D eigenvalue weighted by molar-refractivity contribution is 7.16. The molecule has 2 fully saturated rings. The lowest BCUT2D eigenvalue weighted by Gasteiger charge is -2.38. The van der Waals surface area contributed by atoms with Crippen LogP contribution in [0.5, 0.6) is 0 Å². The highest BCUT2D eigenvalue weighted by atomic mass is 32.1. The molecule has 1 spiro atoms. The number of thiophene rings is 1. The lowest BCUT2D eigenvalue weighted by atomic mass is 10.0. The van der Waals surface area contributed by atoms with Gasteiger partial charge in [-0.15, -0.1) is 11.3 Å². The number of piperidine rings is 1. The van der Waals surface area contributed by atoms with Crippen molar-refractivity contribution in [2.45, 2.75) is 18.6 Å². The van der Waals surface area contributed by atoms with Crippen molar-refractivity contribution in [1.29, 1.82) is 0 Å². The molecule has 2 aromatic rings. The van der Waals surface area contributed by atoms with Crippen LogP contribution in [0.1, 0.15) is 12.8 Å². The minimum Gasteiger partial charge on any atom is -0.356 e. The number of anilines is 1. The molecule has 5 nitrogen and oxygen atoms in total. The summed E-state index contributed by atoms with van der Waals surface area (Å²) in [6, 6.07) is 2.10. The van der Waals surface area contributed by atoms with Crippen LogP contribution in [0.15, 0.2) is 17.8 Å². The van der Waals surface area contributed by atoms with E-state index in [0.717, 1.165) is 55.2 Å². The maximum Gasteiger partial charge on any atom is 0.171 e. The van der Waals surface area contributed by atoms with E-state index >= 15 is 0 Å². The molecule has 0 aliphatic carbocycles. The van der Waals surface area contributed by atoms with E-state index in [0.29, 0.717) is 0 Å². The van der Waals surface area contributed by atoms with Crippen LogP contribution in [-0.4, -0.2) is 42.1 Å². The second-order valence-electron chi connectivity index (χ2n) is 4.93. The Kier molecular flexibility index (Phi) is 2.68. The van der Waals surface area contributed by atoms with Crippen LogP contribution < -0.4 is 4.90 Å². The smallest absolute Gasteiger partial charge is 0.171 e. The number of hydrogen-bond acceptors (Lipinski definition) is 6. The van der Waals surface area contributed by atoms with Crippen molar-refractivity contribution >= 4 is 27.4 Å². The topological polar surface area (TPSA) is 47.5 Å². The van der Waals surface area contributed by atoms with Crippen LogP contribution in [0.3, 0.4) is 0 Å². The van der Waals surface area contributed by atoms with Gasteiger partial charge in [0.05, 0.1) is 18.6 Å². The Labute approximate surface area is 115 Å². The zero-order chi connectivity index (χ0) is 12.7. The number of ether oxygens (including phenoxy) is 2. The van der Waals surface area contributed by atoms with Crippen molar-refractivity contribution in [3.63, 3.8) is 0 Å². The largest absolute Gasteiger partial charge is 0.356 e. The second kappa shape index (κ2) is 4.40. The molecular weight excluding hydrogens is 262 g/mol. The molecule has 2 aliphatic rings. The van der Waals surface area contributed by atoms with Gasteiger partial charge in [0.1, 0.15) is 17.0 Å². The molecule has 0 bridgehead atoms. The van der Waals surface area contributed by atoms with Crippen LogP contribution in [0.2, 0.25) is 0 Å². The van der Waals surface area contributed by atoms with Crippen molar-refractivity contribution in [3.05, 3.63) is 17.8 Å². The average molecular weight is 277 g/mol. The number of fused-ring (bicyclic) bond motifs is 1. The molecule has 2 aliphatic heterocycles. The molecule has 0 radical (unpaired) electrons. The Balaban J connectivity index is 1.59. The third-order valence-electron chi connectivity index (χ3n) is 3.88. The van der Waals surface area contributed by atoms with Crippen molar-refractivity contribution in [1.82, 2.24) is 9.97 Å². The number of aromatic nitrogens is 2. The van der Waals surface area contributed by atoms with Gasteiger partial charge in [0.25, 0.3) is 0 Å². The molecule has 6 heteroatoms. The third kappa shape index (κ3) is 1.91.